The second-order valence-corrected chi connectivity index (χ2v) is 4.16. The molecule has 0 unspecified atom stereocenters. The Morgan fingerprint density at radius 1 is 1.06 bits per heavy atom. The molecule has 0 amide bonds. The van der Waals surface area contributed by atoms with Crippen molar-refractivity contribution in [1.82, 2.24) is 0 Å². The number of hydrogen-bond acceptors (Lipinski definition) is 2. The topological polar surface area (TPSA) is 38.0 Å². The Bertz CT molecular complexity index is 478. The minimum absolute atomic E-state index is 0.826. The second kappa shape index (κ2) is 5.39. The van der Waals surface area contributed by atoms with Crippen molar-refractivity contribution in [3.8, 4) is 0 Å². The van der Waals surface area contributed by atoms with Crippen molar-refractivity contribution in [3.05, 3.63) is 54.1 Å². The molecule has 0 bridgehead atoms. The van der Waals surface area contributed by atoms with Crippen molar-refractivity contribution in [1.29, 1.82) is 0 Å². The van der Waals surface area contributed by atoms with Gasteiger partial charge in [0.05, 0.1) is 0 Å². The Morgan fingerprint density at radius 3 is 2.53 bits per heavy atom. The summed E-state index contributed by atoms with van der Waals surface area (Å²) in [5.74, 6) is 0. The second-order valence-electron chi connectivity index (χ2n) is 4.16. The summed E-state index contributed by atoms with van der Waals surface area (Å²) < 4.78 is 0. The Hall–Kier alpha value is -1.96. The summed E-state index contributed by atoms with van der Waals surface area (Å²) in [6.07, 6.45) is 2.16. The molecule has 2 rings (SSSR count). The predicted molar refractivity (Wildman–Crippen MR) is 74.6 cm³/mol. The average molecular weight is 226 g/mol. The van der Waals surface area contributed by atoms with Crippen molar-refractivity contribution >= 4 is 17.1 Å². The molecule has 17 heavy (non-hydrogen) atoms. The van der Waals surface area contributed by atoms with Crippen LogP contribution in [0, 0.1) is 0 Å². The third-order valence-corrected chi connectivity index (χ3v) is 2.70. The first-order chi connectivity index (χ1) is 8.29. The molecule has 0 radical (unpaired) electrons. The molecule has 0 saturated heterocycles. The quantitative estimate of drug-likeness (QED) is 0.774. The first-order valence-electron chi connectivity index (χ1n) is 6.00. The minimum atomic E-state index is 0.826. The normalized spacial score (nSPS) is 10.2. The predicted octanol–water partition coefficient (Wildman–Crippen LogP) is 3.96. The summed E-state index contributed by atoms with van der Waals surface area (Å²) in [4.78, 5) is 0. The number of anilines is 3. The van der Waals surface area contributed by atoms with Crippen LogP contribution in [0.5, 0.6) is 0 Å². The van der Waals surface area contributed by atoms with Crippen LogP contribution in [-0.4, -0.2) is 0 Å². The van der Waals surface area contributed by atoms with Gasteiger partial charge in [-0.05, 0) is 42.3 Å². The number of nitrogens with two attached hydrogens (primary N) is 1. The fourth-order valence-electron chi connectivity index (χ4n) is 1.89. The minimum Gasteiger partial charge on any atom is -0.399 e. The maximum atomic E-state index is 5.82. The van der Waals surface area contributed by atoms with Gasteiger partial charge in [-0.25, -0.2) is 0 Å². The zero-order valence-corrected chi connectivity index (χ0v) is 10.1. The standard InChI is InChI=1S/C15H18N2/c1-2-6-12-11-13(16)9-10-15(12)17-14-7-4-3-5-8-14/h3-5,7-11,17H,2,6,16H2,1H3. The maximum Gasteiger partial charge on any atom is 0.0418 e. The van der Waals surface area contributed by atoms with E-state index in [1.54, 1.807) is 0 Å². The highest BCUT2D eigenvalue weighted by Crippen LogP contribution is 2.24. The van der Waals surface area contributed by atoms with E-state index in [0.717, 1.165) is 29.9 Å². The molecule has 0 atom stereocenters. The molecular weight excluding hydrogens is 208 g/mol. The number of nitrogens with one attached hydrogen (secondary N) is 1. The first kappa shape index (κ1) is 11.5. The smallest absolute Gasteiger partial charge is 0.0418 e. The molecule has 0 saturated carbocycles. The molecular formula is C15H18N2. The number of aryl methyl sites for hydroxylation is 1. The summed E-state index contributed by atoms with van der Waals surface area (Å²) in [7, 11) is 0. The van der Waals surface area contributed by atoms with E-state index >= 15 is 0 Å². The van der Waals surface area contributed by atoms with E-state index in [1.165, 1.54) is 5.56 Å². The van der Waals surface area contributed by atoms with E-state index in [1.807, 2.05) is 30.3 Å². The molecule has 0 heterocycles. The van der Waals surface area contributed by atoms with Gasteiger partial charge < -0.3 is 11.1 Å². The van der Waals surface area contributed by atoms with Crippen LogP contribution in [0.3, 0.4) is 0 Å². The number of rotatable bonds is 4. The largest absolute Gasteiger partial charge is 0.399 e. The van der Waals surface area contributed by atoms with Crippen LogP contribution in [0.15, 0.2) is 48.5 Å². The van der Waals surface area contributed by atoms with Gasteiger partial charge in [0.2, 0.25) is 0 Å². The number of nitrogen functional groups attached to an aromatic ring is 1. The van der Waals surface area contributed by atoms with E-state index in [4.69, 9.17) is 5.73 Å². The highest BCUT2D eigenvalue weighted by atomic mass is 14.9. The van der Waals surface area contributed by atoms with E-state index < -0.39 is 0 Å². The SMILES string of the molecule is CCCc1cc(N)ccc1Nc1ccccc1. The summed E-state index contributed by atoms with van der Waals surface area (Å²) in [5.41, 5.74) is 10.2. The van der Waals surface area contributed by atoms with Crippen molar-refractivity contribution in [3.63, 3.8) is 0 Å². The van der Waals surface area contributed by atoms with Gasteiger partial charge in [-0.1, -0.05) is 31.5 Å². The van der Waals surface area contributed by atoms with Gasteiger partial charge in [-0.15, -0.1) is 0 Å². The van der Waals surface area contributed by atoms with Crippen LogP contribution < -0.4 is 11.1 Å². The van der Waals surface area contributed by atoms with Crippen LogP contribution >= 0.6 is 0 Å². The molecule has 88 valence electrons. The van der Waals surface area contributed by atoms with Gasteiger partial charge in [-0.2, -0.15) is 0 Å². The Labute approximate surface area is 102 Å². The molecule has 0 spiro atoms. The van der Waals surface area contributed by atoms with E-state index in [-0.39, 0.29) is 0 Å². The fourth-order valence-corrected chi connectivity index (χ4v) is 1.89. The average Bonchev–Trinajstić information content (AvgIpc) is 2.34. The van der Waals surface area contributed by atoms with Crippen molar-refractivity contribution in [2.24, 2.45) is 0 Å². The molecule has 2 aromatic carbocycles. The lowest BCUT2D eigenvalue weighted by Gasteiger charge is -2.12. The lowest BCUT2D eigenvalue weighted by atomic mass is 10.1. The Kier molecular flexibility index (Phi) is 3.66. The molecule has 0 fully saturated rings. The van der Waals surface area contributed by atoms with Gasteiger partial charge in [0.1, 0.15) is 0 Å². The molecule has 3 N–H and O–H groups in total. The summed E-state index contributed by atoms with van der Waals surface area (Å²) in [6.45, 7) is 2.18. The van der Waals surface area contributed by atoms with Crippen LogP contribution in [0.2, 0.25) is 0 Å². The van der Waals surface area contributed by atoms with Gasteiger partial charge >= 0.3 is 0 Å². The molecule has 0 aromatic heterocycles. The zero-order valence-electron chi connectivity index (χ0n) is 10.1. The van der Waals surface area contributed by atoms with E-state index in [2.05, 4.69) is 30.4 Å². The molecule has 2 nitrogen and oxygen atoms in total. The summed E-state index contributed by atoms with van der Waals surface area (Å²) >= 11 is 0. The number of benzene rings is 2. The lowest BCUT2D eigenvalue weighted by Crippen LogP contribution is -1.97. The van der Waals surface area contributed by atoms with Gasteiger partial charge in [0, 0.05) is 17.1 Å². The number of hydrogen-bond donors (Lipinski definition) is 2. The van der Waals surface area contributed by atoms with Crippen molar-refractivity contribution < 1.29 is 0 Å². The zero-order chi connectivity index (χ0) is 12.1. The Balaban J connectivity index is 2.26. The highest BCUT2D eigenvalue weighted by Gasteiger charge is 2.02. The van der Waals surface area contributed by atoms with Crippen LogP contribution in [-0.2, 0) is 6.42 Å². The van der Waals surface area contributed by atoms with Gasteiger partial charge in [0.25, 0.3) is 0 Å². The first-order valence-corrected chi connectivity index (χ1v) is 6.00. The molecule has 2 heteroatoms. The van der Waals surface area contributed by atoms with Crippen LogP contribution in [0.1, 0.15) is 18.9 Å². The van der Waals surface area contributed by atoms with Crippen molar-refractivity contribution in [2.45, 2.75) is 19.8 Å². The highest BCUT2D eigenvalue weighted by molar-refractivity contribution is 5.66. The third kappa shape index (κ3) is 3.00. The molecule has 0 aliphatic carbocycles. The van der Waals surface area contributed by atoms with Gasteiger partial charge in [-0.3, -0.25) is 0 Å². The fraction of sp³-hybridized carbons (Fsp3) is 0.200. The third-order valence-electron chi connectivity index (χ3n) is 2.70. The van der Waals surface area contributed by atoms with Gasteiger partial charge in [0.15, 0.2) is 0 Å². The van der Waals surface area contributed by atoms with Crippen LogP contribution in [0.25, 0.3) is 0 Å². The maximum absolute atomic E-state index is 5.82. The van der Waals surface area contributed by atoms with E-state index in [9.17, 15) is 0 Å². The van der Waals surface area contributed by atoms with Crippen LogP contribution in [0.4, 0.5) is 17.1 Å². The Morgan fingerprint density at radius 2 is 1.82 bits per heavy atom. The number of para-hydroxylation sites is 1. The lowest BCUT2D eigenvalue weighted by molar-refractivity contribution is 0.924. The van der Waals surface area contributed by atoms with E-state index in [0.29, 0.717) is 0 Å². The monoisotopic (exact) mass is 226 g/mol. The summed E-state index contributed by atoms with van der Waals surface area (Å²) in [5, 5.41) is 3.43. The molecule has 2 aromatic rings. The van der Waals surface area contributed by atoms with Crippen molar-refractivity contribution in [2.75, 3.05) is 11.1 Å². The molecule has 0 aliphatic heterocycles. The molecule has 0 aliphatic rings. The summed E-state index contributed by atoms with van der Waals surface area (Å²) in [6, 6.07) is 16.2.